The molecule has 2 aromatic rings. The predicted molar refractivity (Wildman–Crippen MR) is 70.0 cm³/mol. The van der Waals surface area contributed by atoms with Gasteiger partial charge in [-0.1, -0.05) is 0 Å². The van der Waals surface area contributed by atoms with E-state index in [1.807, 2.05) is 4.90 Å². The average molecular weight is 273 g/mol. The Morgan fingerprint density at radius 3 is 2.65 bits per heavy atom. The highest BCUT2D eigenvalue weighted by atomic mass is 16.6. The minimum Gasteiger partial charge on any atom is -0.393 e. The highest BCUT2D eigenvalue weighted by Gasteiger charge is 2.42. The fourth-order valence-electron chi connectivity index (χ4n) is 3.54. The number of aliphatic hydroxyl groups excluding tert-OH is 1. The molecule has 0 aliphatic carbocycles. The number of nitrogens with zero attached hydrogens (tertiary/aromatic N) is 3. The molecule has 2 atom stereocenters. The SMILES string of the molecule is O=C(c1ccc2nonc2c1)N1C2CCC1CC(O)C2. The van der Waals surface area contributed by atoms with Crippen LogP contribution < -0.4 is 0 Å². The first kappa shape index (κ1) is 11.8. The van der Waals surface area contributed by atoms with Gasteiger partial charge in [-0.2, -0.15) is 0 Å². The Morgan fingerprint density at radius 1 is 1.20 bits per heavy atom. The van der Waals surface area contributed by atoms with E-state index in [2.05, 4.69) is 14.9 Å². The summed E-state index contributed by atoms with van der Waals surface area (Å²) in [6.07, 6.45) is 3.09. The molecule has 2 bridgehead atoms. The molecule has 4 rings (SSSR count). The third-order valence-corrected chi connectivity index (χ3v) is 4.44. The van der Waals surface area contributed by atoms with Crippen LogP contribution in [0.25, 0.3) is 11.0 Å². The van der Waals surface area contributed by atoms with Gasteiger partial charge in [0.1, 0.15) is 11.0 Å². The van der Waals surface area contributed by atoms with E-state index in [0.717, 1.165) is 12.8 Å². The Hall–Kier alpha value is -1.95. The Bertz CT molecular complexity index is 654. The monoisotopic (exact) mass is 273 g/mol. The topological polar surface area (TPSA) is 79.5 Å². The summed E-state index contributed by atoms with van der Waals surface area (Å²) < 4.78 is 4.66. The first-order valence-electron chi connectivity index (χ1n) is 6.95. The molecule has 3 heterocycles. The van der Waals surface area contributed by atoms with Crippen LogP contribution in [0.3, 0.4) is 0 Å². The molecule has 1 amide bonds. The molecule has 6 nitrogen and oxygen atoms in total. The summed E-state index contributed by atoms with van der Waals surface area (Å²) in [5.41, 5.74) is 1.86. The van der Waals surface area contributed by atoms with Crippen LogP contribution in [-0.4, -0.2) is 44.4 Å². The number of amides is 1. The molecule has 0 spiro atoms. The van der Waals surface area contributed by atoms with Gasteiger partial charge in [-0.25, -0.2) is 4.63 Å². The first-order chi connectivity index (χ1) is 9.72. The van der Waals surface area contributed by atoms with E-state index in [-0.39, 0.29) is 24.1 Å². The van der Waals surface area contributed by atoms with Crippen molar-refractivity contribution < 1.29 is 14.5 Å². The van der Waals surface area contributed by atoms with Crippen molar-refractivity contribution in [1.82, 2.24) is 15.2 Å². The minimum atomic E-state index is -0.265. The van der Waals surface area contributed by atoms with Crippen molar-refractivity contribution >= 4 is 16.9 Å². The number of aliphatic hydroxyl groups is 1. The quantitative estimate of drug-likeness (QED) is 0.848. The molecule has 2 aliphatic rings. The van der Waals surface area contributed by atoms with Crippen LogP contribution in [0.2, 0.25) is 0 Å². The zero-order valence-corrected chi connectivity index (χ0v) is 10.9. The Balaban J connectivity index is 1.66. The maximum atomic E-state index is 12.7. The van der Waals surface area contributed by atoms with E-state index in [1.54, 1.807) is 18.2 Å². The van der Waals surface area contributed by atoms with Crippen molar-refractivity contribution in [2.75, 3.05) is 0 Å². The third kappa shape index (κ3) is 1.71. The number of rotatable bonds is 1. The zero-order valence-electron chi connectivity index (χ0n) is 10.9. The lowest BCUT2D eigenvalue weighted by molar-refractivity contribution is 0.0287. The smallest absolute Gasteiger partial charge is 0.254 e. The van der Waals surface area contributed by atoms with E-state index in [1.165, 1.54) is 0 Å². The molecule has 104 valence electrons. The maximum absolute atomic E-state index is 12.7. The van der Waals surface area contributed by atoms with Crippen LogP contribution in [0.15, 0.2) is 22.8 Å². The largest absolute Gasteiger partial charge is 0.393 e. The van der Waals surface area contributed by atoms with Crippen molar-refractivity contribution in [2.45, 2.75) is 43.9 Å². The molecule has 6 heteroatoms. The number of piperidine rings is 1. The number of hydrogen-bond donors (Lipinski definition) is 1. The molecule has 1 N–H and O–H groups in total. The zero-order chi connectivity index (χ0) is 13.7. The number of carbonyl (C=O) groups excluding carboxylic acids is 1. The van der Waals surface area contributed by atoms with E-state index in [9.17, 15) is 9.90 Å². The third-order valence-electron chi connectivity index (χ3n) is 4.44. The van der Waals surface area contributed by atoms with E-state index in [4.69, 9.17) is 0 Å². The number of carbonyl (C=O) groups is 1. The van der Waals surface area contributed by atoms with Gasteiger partial charge in [0.15, 0.2) is 0 Å². The molecular formula is C14H15N3O3. The van der Waals surface area contributed by atoms with Gasteiger partial charge in [-0.15, -0.1) is 0 Å². The molecular weight excluding hydrogens is 258 g/mol. The standard InChI is InChI=1S/C14H15N3O3/c18-11-6-9-2-3-10(7-11)17(9)14(19)8-1-4-12-13(5-8)16-20-15-12/h1,4-5,9-11,18H,2-3,6-7H2. The molecule has 2 fully saturated rings. The normalized spacial score (nSPS) is 29.1. The van der Waals surface area contributed by atoms with Gasteiger partial charge < -0.3 is 10.0 Å². The summed E-state index contributed by atoms with van der Waals surface area (Å²) in [4.78, 5) is 14.6. The summed E-state index contributed by atoms with van der Waals surface area (Å²) >= 11 is 0. The van der Waals surface area contributed by atoms with Crippen molar-refractivity contribution in [2.24, 2.45) is 0 Å². The van der Waals surface area contributed by atoms with Crippen LogP contribution in [0.1, 0.15) is 36.0 Å². The molecule has 2 saturated heterocycles. The number of hydrogen-bond acceptors (Lipinski definition) is 5. The fourth-order valence-corrected chi connectivity index (χ4v) is 3.54. The first-order valence-corrected chi connectivity index (χ1v) is 6.95. The molecule has 0 saturated carbocycles. The summed E-state index contributed by atoms with van der Waals surface area (Å²) in [7, 11) is 0. The van der Waals surface area contributed by atoms with Crippen LogP contribution in [0, 0.1) is 0 Å². The van der Waals surface area contributed by atoms with Crippen molar-refractivity contribution in [3.63, 3.8) is 0 Å². The number of aromatic nitrogens is 2. The summed E-state index contributed by atoms with van der Waals surface area (Å²) in [5, 5.41) is 17.3. The second kappa shape index (κ2) is 4.28. The van der Waals surface area contributed by atoms with Crippen LogP contribution in [-0.2, 0) is 0 Å². The van der Waals surface area contributed by atoms with Gasteiger partial charge in [-0.05, 0) is 54.2 Å². The summed E-state index contributed by atoms with van der Waals surface area (Å²) in [6.45, 7) is 0. The second-order valence-electron chi connectivity index (χ2n) is 5.69. The number of fused-ring (bicyclic) bond motifs is 3. The van der Waals surface area contributed by atoms with E-state index in [0.29, 0.717) is 29.4 Å². The van der Waals surface area contributed by atoms with Gasteiger partial charge in [0.05, 0.1) is 6.10 Å². The Kier molecular flexibility index (Phi) is 2.53. The van der Waals surface area contributed by atoms with Crippen molar-refractivity contribution in [3.8, 4) is 0 Å². The van der Waals surface area contributed by atoms with Crippen molar-refractivity contribution in [3.05, 3.63) is 23.8 Å². The van der Waals surface area contributed by atoms with Crippen LogP contribution >= 0.6 is 0 Å². The number of benzene rings is 1. The lowest BCUT2D eigenvalue weighted by Crippen LogP contribution is -2.48. The highest BCUT2D eigenvalue weighted by molar-refractivity contribution is 5.97. The highest BCUT2D eigenvalue weighted by Crippen LogP contribution is 2.36. The van der Waals surface area contributed by atoms with Gasteiger partial charge in [0, 0.05) is 17.6 Å². The van der Waals surface area contributed by atoms with Crippen molar-refractivity contribution in [1.29, 1.82) is 0 Å². The molecule has 1 aromatic carbocycles. The fraction of sp³-hybridized carbons (Fsp3) is 0.500. The van der Waals surface area contributed by atoms with Gasteiger partial charge in [0.2, 0.25) is 0 Å². The summed E-state index contributed by atoms with van der Waals surface area (Å²) in [5.74, 6) is 0.0225. The lowest BCUT2D eigenvalue weighted by atomic mass is 9.98. The van der Waals surface area contributed by atoms with Gasteiger partial charge in [-0.3, -0.25) is 4.79 Å². The molecule has 0 radical (unpaired) electrons. The Morgan fingerprint density at radius 2 is 1.90 bits per heavy atom. The average Bonchev–Trinajstić information content (AvgIpc) is 3.00. The van der Waals surface area contributed by atoms with Gasteiger partial charge in [0.25, 0.3) is 5.91 Å². The van der Waals surface area contributed by atoms with E-state index < -0.39 is 0 Å². The predicted octanol–water partition coefficient (Wildman–Crippen LogP) is 1.35. The molecule has 20 heavy (non-hydrogen) atoms. The molecule has 2 aliphatic heterocycles. The second-order valence-corrected chi connectivity index (χ2v) is 5.69. The van der Waals surface area contributed by atoms with Crippen LogP contribution in [0.4, 0.5) is 0 Å². The lowest BCUT2D eigenvalue weighted by Gasteiger charge is -2.37. The Labute approximate surface area is 115 Å². The maximum Gasteiger partial charge on any atom is 0.254 e. The summed E-state index contributed by atoms with van der Waals surface area (Å²) in [6, 6.07) is 5.57. The molecule has 1 aromatic heterocycles. The molecule has 2 unspecified atom stereocenters. The van der Waals surface area contributed by atoms with Gasteiger partial charge >= 0.3 is 0 Å². The van der Waals surface area contributed by atoms with Crippen LogP contribution in [0.5, 0.6) is 0 Å². The van der Waals surface area contributed by atoms with E-state index >= 15 is 0 Å². The minimum absolute atomic E-state index is 0.0225.